The van der Waals surface area contributed by atoms with E-state index in [4.69, 9.17) is 0 Å². The zero-order chi connectivity index (χ0) is 37.8. The fourth-order valence-corrected chi connectivity index (χ4v) is 5.42. The highest BCUT2D eigenvalue weighted by Crippen LogP contribution is 2.27. The number of amides is 3. The van der Waals surface area contributed by atoms with Crippen molar-refractivity contribution < 1.29 is 36.3 Å². The van der Waals surface area contributed by atoms with E-state index in [0.29, 0.717) is 19.5 Å². The van der Waals surface area contributed by atoms with Gasteiger partial charge in [-0.1, -0.05) is 82.1 Å². The van der Waals surface area contributed by atoms with Crippen LogP contribution >= 0.6 is 0 Å². The number of rotatable bonds is 16. The van der Waals surface area contributed by atoms with Crippen LogP contribution in [0.15, 0.2) is 0 Å². The molecule has 1 N–H and O–H groups in total. The lowest BCUT2D eigenvalue weighted by atomic mass is 10.0. The first-order valence-corrected chi connectivity index (χ1v) is 18.1. The largest absolute Gasteiger partial charge is 0.393 e. The lowest BCUT2D eigenvalue weighted by Gasteiger charge is -2.39. The Kier molecular flexibility index (Phi) is 24.3. The van der Waals surface area contributed by atoms with E-state index < -0.39 is 24.4 Å². The molecule has 12 heteroatoms. The molecule has 0 saturated carbocycles. The Morgan fingerprint density at radius 2 is 1.21 bits per heavy atom. The van der Waals surface area contributed by atoms with Crippen molar-refractivity contribution in [2.45, 2.75) is 140 Å². The van der Waals surface area contributed by atoms with Crippen LogP contribution in [0, 0.1) is 29.6 Å². The second-order valence-electron chi connectivity index (χ2n) is 14.4. The molecule has 1 aliphatic rings. The van der Waals surface area contributed by atoms with Gasteiger partial charge in [0.25, 0.3) is 0 Å². The van der Waals surface area contributed by atoms with Crippen LogP contribution in [0.1, 0.15) is 122 Å². The van der Waals surface area contributed by atoms with Crippen molar-refractivity contribution in [3.05, 3.63) is 0 Å². The minimum atomic E-state index is -4.24. The molecule has 1 saturated heterocycles. The Bertz CT molecular complexity index is 901. The molecular weight excluding hydrogens is 631 g/mol. The van der Waals surface area contributed by atoms with Gasteiger partial charge in [0.1, 0.15) is 0 Å². The molecule has 1 fully saturated rings. The SMILES string of the molecule is CC(C)C(=O)N1CCNC(C)(C)C1.CCCC(C)C(=O)N(CCC)CC(C)C(F)(F)F.CCCC(C)C(=O)N(CCC)CC(C)C(F)F. The second kappa shape index (κ2) is 24.2. The smallest absolute Gasteiger partial charge is 0.342 e. The van der Waals surface area contributed by atoms with Gasteiger partial charge in [-0.15, -0.1) is 0 Å². The molecule has 286 valence electrons. The minimum absolute atomic E-state index is 0.0150. The Morgan fingerprint density at radius 3 is 1.54 bits per heavy atom. The highest BCUT2D eigenvalue weighted by Gasteiger charge is 2.38. The number of halogens is 5. The average molecular weight is 701 g/mol. The molecule has 0 aliphatic carbocycles. The molecule has 0 spiro atoms. The number of hydrogen-bond donors (Lipinski definition) is 1. The predicted molar refractivity (Wildman–Crippen MR) is 186 cm³/mol. The van der Waals surface area contributed by atoms with E-state index in [1.807, 2.05) is 53.4 Å². The first-order valence-electron chi connectivity index (χ1n) is 18.1. The second-order valence-corrected chi connectivity index (χ2v) is 14.4. The van der Waals surface area contributed by atoms with E-state index in [9.17, 15) is 36.3 Å². The topological polar surface area (TPSA) is 73.0 Å². The van der Waals surface area contributed by atoms with Crippen molar-refractivity contribution in [3.63, 3.8) is 0 Å². The molecule has 0 radical (unpaired) electrons. The van der Waals surface area contributed by atoms with Gasteiger partial charge in [-0.3, -0.25) is 14.4 Å². The summed E-state index contributed by atoms with van der Waals surface area (Å²) in [7, 11) is 0. The van der Waals surface area contributed by atoms with Gasteiger partial charge in [0.05, 0.1) is 5.92 Å². The van der Waals surface area contributed by atoms with E-state index in [1.54, 1.807) is 11.8 Å². The van der Waals surface area contributed by atoms with Crippen LogP contribution in [0.5, 0.6) is 0 Å². The molecule has 1 heterocycles. The fourth-order valence-electron chi connectivity index (χ4n) is 5.42. The van der Waals surface area contributed by atoms with Crippen LogP contribution in [0.2, 0.25) is 0 Å². The Hall–Kier alpha value is -1.98. The third-order valence-electron chi connectivity index (χ3n) is 8.27. The summed E-state index contributed by atoms with van der Waals surface area (Å²) in [6.07, 6.45) is -1.76. The van der Waals surface area contributed by atoms with Crippen molar-refractivity contribution in [2.24, 2.45) is 29.6 Å². The van der Waals surface area contributed by atoms with Crippen molar-refractivity contribution in [1.29, 1.82) is 0 Å². The predicted octanol–water partition coefficient (Wildman–Crippen LogP) is 8.27. The van der Waals surface area contributed by atoms with Crippen LogP contribution in [0.25, 0.3) is 0 Å². The molecule has 0 aromatic rings. The quantitative estimate of drug-likeness (QED) is 0.165. The fraction of sp³-hybridized carbons (Fsp3) is 0.917. The summed E-state index contributed by atoms with van der Waals surface area (Å²) in [6.45, 7) is 25.7. The van der Waals surface area contributed by atoms with Crippen LogP contribution in [0.4, 0.5) is 22.0 Å². The van der Waals surface area contributed by atoms with E-state index in [2.05, 4.69) is 19.2 Å². The summed E-state index contributed by atoms with van der Waals surface area (Å²) < 4.78 is 62.6. The highest BCUT2D eigenvalue weighted by atomic mass is 19.4. The lowest BCUT2D eigenvalue weighted by molar-refractivity contribution is -0.176. The Balaban J connectivity index is 0. The van der Waals surface area contributed by atoms with E-state index >= 15 is 0 Å². The van der Waals surface area contributed by atoms with Crippen LogP contribution in [-0.4, -0.2) is 96.4 Å². The summed E-state index contributed by atoms with van der Waals surface area (Å²) in [5.41, 5.74) is 0.0722. The first-order chi connectivity index (χ1) is 22.1. The zero-order valence-corrected chi connectivity index (χ0v) is 32.1. The van der Waals surface area contributed by atoms with Gasteiger partial charge >= 0.3 is 6.18 Å². The van der Waals surface area contributed by atoms with Crippen LogP contribution in [0.3, 0.4) is 0 Å². The Morgan fingerprint density at radius 1 is 0.771 bits per heavy atom. The first kappa shape index (κ1) is 48.1. The number of carbonyl (C=O) groups is 3. The number of nitrogens with one attached hydrogen (secondary N) is 1. The van der Waals surface area contributed by atoms with Gasteiger partial charge in [-0.2, -0.15) is 13.2 Å². The number of carbonyl (C=O) groups excluding carboxylic acids is 3. The number of nitrogens with zero attached hydrogens (tertiary/aromatic N) is 3. The summed E-state index contributed by atoms with van der Waals surface area (Å²) in [6, 6.07) is 0. The maximum Gasteiger partial charge on any atom is 0.393 e. The molecule has 4 atom stereocenters. The van der Waals surface area contributed by atoms with Gasteiger partial charge in [0.2, 0.25) is 24.1 Å². The van der Waals surface area contributed by atoms with Gasteiger partial charge in [-0.25, -0.2) is 8.78 Å². The third-order valence-corrected chi connectivity index (χ3v) is 8.27. The van der Waals surface area contributed by atoms with Crippen LogP contribution in [-0.2, 0) is 14.4 Å². The van der Waals surface area contributed by atoms with Gasteiger partial charge in [-0.05, 0) is 39.5 Å². The molecule has 0 aromatic carbocycles. The molecule has 7 nitrogen and oxygen atoms in total. The summed E-state index contributed by atoms with van der Waals surface area (Å²) >= 11 is 0. The molecule has 0 bridgehead atoms. The van der Waals surface area contributed by atoms with Gasteiger partial charge in [0.15, 0.2) is 0 Å². The molecular formula is C36H69F5N4O3. The van der Waals surface area contributed by atoms with Crippen molar-refractivity contribution in [3.8, 4) is 0 Å². The van der Waals surface area contributed by atoms with Crippen molar-refractivity contribution >= 4 is 17.7 Å². The molecule has 48 heavy (non-hydrogen) atoms. The number of alkyl halides is 5. The van der Waals surface area contributed by atoms with Crippen molar-refractivity contribution in [1.82, 2.24) is 20.0 Å². The average Bonchev–Trinajstić information content (AvgIpc) is 2.99. The minimum Gasteiger partial charge on any atom is -0.342 e. The lowest BCUT2D eigenvalue weighted by Crippen LogP contribution is -2.59. The van der Waals surface area contributed by atoms with E-state index in [0.717, 1.165) is 58.7 Å². The van der Waals surface area contributed by atoms with Crippen molar-refractivity contribution in [2.75, 3.05) is 45.8 Å². The zero-order valence-electron chi connectivity index (χ0n) is 32.1. The summed E-state index contributed by atoms with van der Waals surface area (Å²) in [5, 5.41) is 3.39. The third kappa shape index (κ3) is 19.9. The maximum absolute atomic E-state index is 12.5. The summed E-state index contributed by atoms with van der Waals surface area (Å²) in [5.74, 6) is -2.22. The maximum atomic E-state index is 12.5. The molecule has 4 unspecified atom stereocenters. The van der Waals surface area contributed by atoms with E-state index in [-0.39, 0.29) is 54.1 Å². The van der Waals surface area contributed by atoms with Gasteiger partial charge in [0, 0.05) is 75.0 Å². The standard InChI is InChI=1S/C13H24F3NO.C13H25F2NO.C10H20N2O/c1-5-7-10(3)12(18)17(8-6-2)9-11(4)13(14,15)16;1-5-7-10(3)13(17)16(8-6-2)9-11(4)12(14)15;1-8(2)9(13)12-6-5-11-10(3,4)7-12/h10-11H,5-9H2,1-4H3;10-12H,5-9H2,1-4H3;8,11H,5-7H2,1-4H3. The van der Waals surface area contributed by atoms with Crippen LogP contribution < -0.4 is 5.32 Å². The molecule has 1 rings (SSSR count). The normalized spacial score (nSPS) is 16.9. The number of hydrogen-bond acceptors (Lipinski definition) is 4. The molecule has 0 aromatic heterocycles. The van der Waals surface area contributed by atoms with Gasteiger partial charge < -0.3 is 20.0 Å². The molecule has 3 amide bonds. The monoisotopic (exact) mass is 701 g/mol. The molecule has 1 aliphatic heterocycles. The Labute approximate surface area is 289 Å². The number of piperazine rings is 1. The highest BCUT2D eigenvalue weighted by molar-refractivity contribution is 5.79. The summed E-state index contributed by atoms with van der Waals surface area (Å²) in [4.78, 5) is 40.7. The van der Waals surface area contributed by atoms with E-state index in [1.165, 1.54) is 11.8 Å².